The standard InChI is InChI=1S/C14H18N2O3/c17-13(15-9-14(18)4-1-5-14)16-12-3-2-10-7-19-8-11(10)6-12/h2-3,6,18H,1,4-5,7-9H2,(H2,15,16,17). The highest BCUT2D eigenvalue weighted by Crippen LogP contribution is 2.30. The average Bonchev–Trinajstić information content (AvgIpc) is 2.81. The maximum absolute atomic E-state index is 11.7. The molecule has 1 heterocycles. The van der Waals surface area contributed by atoms with Crippen molar-refractivity contribution in [2.24, 2.45) is 0 Å². The second-order valence-corrected chi connectivity index (χ2v) is 5.36. The Hall–Kier alpha value is -1.59. The highest BCUT2D eigenvalue weighted by Gasteiger charge is 2.34. The first-order valence-electron chi connectivity index (χ1n) is 6.61. The van der Waals surface area contributed by atoms with Crippen LogP contribution in [0.3, 0.4) is 0 Å². The van der Waals surface area contributed by atoms with E-state index in [1.165, 1.54) is 5.56 Å². The van der Waals surface area contributed by atoms with Crippen LogP contribution in [0.4, 0.5) is 10.5 Å². The minimum atomic E-state index is -0.691. The first-order valence-corrected chi connectivity index (χ1v) is 6.61. The predicted octanol–water partition coefficient (Wildman–Crippen LogP) is 1.75. The molecule has 5 heteroatoms. The van der Waals surface area contributed by atoms with Gasteiger partial charge in [0.15, 0.2) is 0 Å². The summed E-state index contributed by atoms with van der Waals surface area (Å²) >= 11 is 0. The molecule has 3 rings (SSSR count). The number of fused-ring (bicyclic) bond motifs is 1. The normalized spacial score (nSPS) is 19.4. The third-order valence-electron chi connectivity index (χ3n) is 3.84. The summed E-state index contributed by atoms with van der Waals surface area (Å²) in [7, 11) is 0. The van der Waals surface area contributed by atoms with Gasteiger partial charge in [-0.15, -0.1) is 0 Å². The Morgan fingerprint density at radius 2 is 2.11 bits per heavy atom. The molecule has 0 aromatic heterocycles. The number of hydrogen-bond donors (Lipinski definition) is 3. The van der Waals surface area contributed by atoms with Gasteiger partial charge in [0.2, 0.25) is 0 Å². The molecular weight excluding hydrogens is 244 g/mol. The van der Waals surface area contributed by atoms with Gasteiger partial charge in [-0.2, -0.15) is 0 Å². The molecule has 1 aliphatic heterocycles. The molecule has 3 N–H and O–H groups in total. The van der Waals surface area contributed by atoms with E-state index in [1.54, 1.807) is 0 Å². The van der Waals surface area contributed by atoms with Crippen LogP contribution in [0.15, 0.2) is 18.2 Å². The summed E-state index contributed by atoms with van der Waals surface area (Å²) in [5.41, 5.74) is 2.36. The Bertz CT molecular complexity index is 497. The van der Waals surface area contributed by atoms with E-state index < -0.39 is 5.60 Å². The van der Waals surface area contributed by atoms with Gasteiger partial charge in [0, 0.05) is 12.2 Å². The molecule has 0 spiro atoms. The third-order valence-corrected chi connectivity index (χ3v) is 3.84. The maximum Gasteiger partial charge on any atom is 0.319 e. The number of rotatable bonds is 3. The van der Waals surface area contributed by atoms with E-state index in [0.717, 1.165) is 30.5 Å². The zero-order valence-electron chi connectivity index (χ0n) is 10.7. The summed E-state index contributed by atoms with van der Waals surface area (Å²) in [5.74, 6) is 0. The van der Waals surface area contributed by atoms with E-state index in [4.69, 9.17) is 4.74 Å². The lowest BCUT2D eigenvalue weighted by molar-refractivity contribution is -0.0287. The summed E-state index contributed by atoms with van der Waals surface area (Å²) in [5, 5.41) is 15.4. The lowest BCUT2D eigenvalue weighted by Crippen LogP contribution is -2.48. The molecule has 0 radical (unpaired) electrons. The average molecular weight is 262 g/mol. The second kappa shape index (κ2) is 4.83. The highest BCUT2D eigenvalue weighted by molar-refractivity contribution is 5.89. The molecule has 102 valence electrons. The fourth-order valence-corrected chi connectivity index (χ4v) is 2.43. The first kappa shape index (κ1) is 12.4. The zero-order valence-corrected chi connectivity index (χ0v) is 10.7. The lowest BCUT2D eigenvalue weighted by Gasteiger charge is -2.36. The topological polar surface area (TPSA) is 70.6 Å². The van der Waals surface area contributed by atoms with Crippen molar-refractivity contribution in [2.45, 2.75) is 38.1 Å². The SMILES string of the molecule is O=C(NCC1(O)CCC1)Nc1ccc2c(c1)COC2. The van der Waals surface area contributed by atoms with Crippen LogP contribution in [0.25, 0.3) is 0 Å². The van der Waals surface area contributed by atoms with Crippen molar-refractivity contribution in [2.75, 3.05) is 11.9 Å². The van der Waals surface area contributed by atoms with Crippen molar-refractivity contribution in [1.82, 2.24) is 5.32 Å². The Morgan fingerprint density at radius 1 is 1.32 bits per heavy atom. The van der Waals surface area contributed by atoms with E-state index in [-0.39, 0.29) is 6.03 Å². The van der Waals surface area contributed by atoms with Gasteiger partial charge in [-0.1, -0.05) is 6.07 Å². The number of carbonyl (C=O) groups excluding carboxylic acids is 1. The third kappa shape index (κ3) is 2.72. The molecule has 1 saturated carbocycles. The van der Waals surface area contributed by atoms with Crippen molar-refractivity contribution in [3.05, 3.63) is 29.3 Å². The smallest absolute Gasteiger partial charge is 0.319 e. The number of aliphatic hydroxyl groups is 1. The quantitative estimate of drug-likeness (QED) is 0.777. The van der Waals surface area contributed by atoms with E-state index in [1.807, 2.05) is 18.2 Å². The van der Waals surface area contributed by atoms with E-state index in [9.17, 15) is 9.90 Å². The van der Waals surface area contributed by atoms with Gasteiger partial charge in [-0.25, -0.2) is 4.79 Å². The van der Waals surface area contributed by atoms with Crippen LogP contribution in [0.2, 0.25) is 0 Å². The molecule has 2 amide bonds. The molecule has 1 aliphatic carbocycles. The molecule has 5 nitrogen and oxygen atoms in total. The minimum Gasteiger partial charge on any atom is -0.388 e. The summed E-state index contributed by atoms with van der Waals surface area (Å²) in [6, 6.07) is 5.49. The van der Waals surface area contributed by atoms with Gasteiger partial charge in [0.05, 0.1) is 18.8 Å². The molecule has 1 aromatic rings. The molecule has 0 bridgehead atoms. The molecule has 0 atom stereocenters. The Balaban J connectivity index is 1.54. The van der Waals surface area contributed by atoms with Gasteiger partial charge in [0.25, 0.3) is 0 Å². The van der Waals surface area contributed by atoms with Crippen LogP contribution >= 0.6 is 0 Å². The summed E-state index contributed by atoms with van der Waals surface area (Å²) in [6.07, 6.45) is 2.57. The number of anilines is 1. The lowest BCUT2D eigenvalue weighted by atomic mass is 9.80. The van der Waals surface area contributed by atoms with Crippen LogP contribution in [0.1, 0.15) is 30.4 Å². The summed E-state index contributed by atoms with van der Waals surface area (Å²) in [6.45, 7) is 1.56. The number of amides is 2. The van der Waals surface area contributed by atoms with E-state index >= 15 is 0 Å². The van der Waals surface area contributed by atoms with Gasteiger partial charge in [-0.3, -0.25) is 0 Å². The molecular formula is C14H18N2O3. The molecule has 2 aliphatic rings. The van der Waals surface area contributed by atoms with Crippen molar-refractivity contribution in [3.63, 3.8) is 0 Å². The maximum atomic E-state index is 11.7. The van der Waals surface area contributed by atoms with Gasteiger partial charge in [0.1, 0.15) is 0 Å². The predicted molar refractivity (Wildman–Crippen MR) is 70.8 cm³/mol. The van der Waals surface area contributed by atoms with Gasteiger partial charge in [-0.05, 0) is 42.5 Å². The van der Waals surface area contributed by atoms with Crippen LogP contribution in [0, 0.1) is 0 Å². The van der Waals surface area contributed by atoms with Crippen molar-refractivity contribution in [3.8, 4) is 0 Å². The summed E-state index contributed by atoms with van der Waals surface area (Å²) < 4.78 is 5.33. The second-order valence-electron chi connectivity index (χ2n) is 5.36. The van der Waals surface area contributed by atoms with E-state index in [0.29, 0.717) is 19.8 Å². The number of benzene rings is 1. The number of hydrogen-bond acceptors (Lipinski definition) is 3. The fourth-order valence-electron chi connectivity index (χ4n) is 2.43. The van der Waals surface area contributed by atoms with Crippen molar-refractivity contribution >= 4 is 11.7 Å². The molecule has 1 aromatic carbocycles. The summed E-state index contributed by atoms with van der Waals surface area (Å²) in [4.78, 5) is 11.7. The van der Waals surface area contributed by atoms with E-state index in [2.05, 4.69) is 10.6 Å². The van der Waals surface area contributed by atoms with Gasteiger partial charge < -0.3 is 20.5 Å². The minimum absolute atomic E-state index is 0.279. The van der Waals surface area contributed by atoms with Crippen molar-refractivity contribution < 1.29 is 14.6 Å². The number of nitrogens with one attached hydrogen (secondary N) is 2. The zero-order chi connectivity index (χ0) is 13.3. The highest BCUT2D eigenvalue weighted by atomic mass is 16.5. The Labute approximate surface area is 112 Å². The van der Waals surface area contributed by atoms with Crippen LogP contribution in [-0.4, -0.2) is 23.3 Å². The first-order chi connectivity index (χ1) is 9.15. The number of carbonyl (C=O) groups is 1. The van der Waals surface area contributed by atoms with Gasteiger partial charge >= 0.3 is 6.03 Å². The number of ether oxygens (including phenoxy) is 1. The molecule has 1 fully saturated rings. The van der Waals surface area contributed by atoms with Crippen LogP contribution in [0.5, 0.6) is 0 Å². The molecule has 0 saturated heterocycles. The largest absolute Gasteiger partial charge is 0.388 e. The van der Waals surface area contributed by atoms with Crippen LogP contribution < -0.4 is 10.6 Å². The van der Waals surface area contributed by atoms with Crippen molar-refractivity contribution in [1.29, 1.82) is 0 Å². The molecule has 19 heavy (non-hydrogen) atoms. The fraction of sp³-hybridized carbons (Fsp3) is 0.500. The van der Waals surface area contributed by atoms with Crippen LogP contribution in [-0.2, 0) is 18.0 Å². The number of urea groups is 1. The Kier molecular flexibility index (Phi) is 3.16. The monoisotopic (exact) mass is 262 g/mol. The Morgan fingerprint density at radius 3 is 2.84 bits per heavy atom. The molecule has 0 unspecified atom stereocenters.